The Kier molecular flexibility index (Phi) is 5.20. The van der Waals surface area contributed by atoms with E-state index in [1.165, 1.54) is 57.7 Å². The van der Waals surface area contributed by atoms with E-state index in [4.69, 9.17) is 0 Å². The molecule has 0 aromatic heterocycles. The third kappa shape index (κ3) is 4.11. The van der Waals surface area contributed by atoms with Crippen LogP contribution in [0.4, 0.5) is 0 Å². The molecule has 1 N–H and O–H groups in total. The second-order valence-corrected chi connectivity index (χ2v) is 6.34. The Morgan fingerprint density at radius 3 is 3.00 bits per heavy atom. The van der Waals surface area contributed by atoms with Gasteiger partial charge in [0.2, 0.25) is 0 Å². The molecule has 2 rings (SSSR count). The summed E-state index contributed by atoms with van der Waals surface area (Å²) < 4.78 is 0. The molecule has 3 heteroatoms. The van der Waals surface area contributed by atoms with Crippen molar-refractivity contribution in [3.8, 4) is 0 Å². The largest absolute Gasteiger partial charge is 0.317 e. The third-order valence-corrected chi connectivity index (χ3v) is 4.82. The average molecular weight is 240 g/mol. The Labute approximate surface area is 104 Å². The van der Waals surface area contributed by atoms with Gasteiger partial charge in [-0.15, -0.1) is 0 Å². The number of rotatable bonds is 4. The molecular formula is C13H24N2S. The molecule has 2 aliphatic rings. The molecule has 2 heterocycles. The minimum atomic E-state index is 0.919. The fourth-order valence-corrected chi connectivity index (χ4v) is 3.76. The van der Waals surface area contributed by atoms with Gasteiger partial charge in [-0.2, -0.15) is 11.8 Å². The Hall–Kier alpha value is 0.01000. The lowest BCUT2D eigenvalue weighted by atomic mass is 10.1. The molecule has 0 amide bonds. The zero-order chi connectivity index (χ0) is 11.2. The van der Waals surface area contributed by atoms with Gasteiger partial charge in [0.1, 0.15) is 0 Å². The molecule has 0 radical (unpaired) electrons. The van der Waals surface area contributed by atoms with Crippen LogP contribution in [0.25, 0.3) is 0 Å². The predicted molar refractivity (Wildman–Crippen MR) is 73.2 cm³/mol. The van der Waals surface area contributed by atoms with Crippen LogP contribution in [-0.2, 0) is 0 Å². The van der Waals surface area contributed by atoms with Crippen molar-refractivity contribution in [2.24, 2.45) is 0 Å². The summed E-state index contributed by atoms with van der Waals surface area (Å²) in [5, 5.41) is 4.35. The molecule has 2 aliphatic heterocycles. The molecule has 0 aromatic rings. The van der Waals surface area contributed by atoms with Crippen molar-refractivity contribution >= 4 is 11.8 Å². The number of nitrogens with one attached hydrogen (secondary N) is 1. The van der Waals surface area contributed by atoms with Crippen LogP contribution in [0.5, 0.6) is 0 Å². The van der Waals surface area contributed by atoms with Crippen molar-refractivity contribution in [2.45, 2.75) is 31.4 Å². The Morgan fingerprint density at radius 2 is 2.25 bits per heavy atom. The second kappa shape index (κ2) is 6.67. The van der Waals surface area contributed by atoms with E-state index in [0.717, 1.165) is 5.25 Å². The zero-order valence-electron chi connectivity index (χ0n) is 10.4. The van der Waals surface area contributed by atoms with Gasteiger partial charge >= 0.3 is 0 Å². The summed E-state index contributed by atoms with van der Waals surface area (Å²) in [5.74, 6) is 1.32. The monoisotopic (exact) mass is 240 g/mol. The lowest BCUT2D eigenvalue weighted by molar-refractivity contribution is 0.308. The van der Waals surface area contributed by atoms with Gasteiger partial charge < -0.3 is 5.32 Å². The van der Waals surface area contributed by atoms with Crippen LogP contribution >= 0.6 is 11.8 Å². The van der Waals surface area contributed by atoms with Crippen molar-refractivity contribution < 1.29 is 0 Å². The predicted octanol–water partition coefficient (Wildman–Crippen LogP) is 2.12. The Bertz CT molecular complexity index is 234. The smallest absolute Gasteiger partial charge is 0.0190 e. The highest BCUT2D eigenvalue weighted by Crippen LogP contribution is 2.20. The van der Waals surface area contributed by atoms with Crippen LogP contribution in [0.2, 0.25) is 0 Å². The molecular weight excluding hydrogens is 216 g/mol. The van der Waals surface area contributed by atoms with E-state index < -0.39 is 0 Å². The lowest BCUT2D eigenvalue weighted by Crippen LogP contribution is -2.33. The fraction of sp³-hybridized carbons (Fsp3) is 0.846. The van der Waals surface area contributed by atoms with E-state index in [9.17, 15) is 0 Å². The van der Waals surface area contributed by atoms with Gasteiger partial charge in [0.05, 0.1) is 0 Å². The van der Waals surface area contributed by atoms with Crippen LogP contribution in [0.15, 0.2) is 11.6 Å². The van der Waals surface area contributed by atoms with Crippen LogP contribution in [0.3, 0.4) is 0 Å². The second-order valence-electron chi connectivity index (χ2n) is 4.94. The Balaban J connectivity index is 1.58. The standard InChI is InChI=1S/C13H24N2S/c1-12-3-2-8-15(11-12)9-10-16-13-4-6-14-7-5-13/h3,13-14H,2,4-11H2,1H3. The molecule has 0 aromatic carbocycles. The van der Waals surface area contributed by atoms with Crippen LogP contribution in [0, 0.1) is 0 Å². The number of piperidine rings is 1. The van der Waals surface area contributed by atoms with Gasteiger partial charge in [0.15, 0.2) is 0 Å². The first-order chi connectivity index (χ1) is 7.84. The number of hydrogen-bond donors (Lipinski definition) is 1. The molecule has 1 saturated heterocycles. The summed E-state index contributed by atoms with van der Waals surface area (Å²) in [4.78, 5) is 2.60. The summed E-state index contributed by atoms with van der Waals surface area (Å²) >= 11 is 2.19. The maximum Gasteiger partial charge on any atom is 0.0190 e. The third-order valence-electron chi connectivity index (χ3n) is 3.46. The maximum atomic E-state index is 3.43. The van der Waals surface area contributed by atoms with Crippen LogP contribution in [0.1, 0.15) is 26.2 Å². The highest BCUT2D eigenvalue weighted by molar-refractivity contribution is 7.99. The first-order valence-corrected chi connectivity index (χ1v) is 7.60. The quantitative estimate of drug-likeness (QED) is 0.758. The van der Waals surface area contributed by atoms with Crippen molar-refractivity contribution in [3.05, 3.63) is 11.6 Å². The molecule has 1 fully saturated rings. The summed E-state index contributed by atoms with van der Waals surface area (Å²) in [7, 11) is 0. The average Bonchev–Trinajstić information content (AvgIpc) is 2.30. The van der Waals surface area contributed by atoms with Gasteiger partial charge in [-0.05, 0) is 39.3 Å². The highest BCUT2D eigenvalue weighted by Gasteiger charge is 2.14. The lowest BCUT2D eigenvalue weighted by Gasteiger charge is -2.27. The normalized spacial score (nSPS) is 24.4. The fourth-order valence-electron chi connectivity index (χ4n) is 2.49. The van der Waals surface area contributed by atoms with E-state index in [0.29, 0.717) is 0 Å². The number of nitrogens with zero attached hydrogens (tertiary/aromatic N) is 1. The van der Waals surface area contributed by atoms with E-state index in [-0.39, 0.29) is 0 Å². The number of hydrogen-bond acceptors (Lipinski definition) is 3. The molecule has 0 aliphatic carbocycles. The maximum absolute atomic E-state index is 3.43. The molecule has 0 spiro atoms. The van der Waals surface area contributed by atoms with Crippen molar-refractivity contribution in [3.63, 3.8) is 0 Å². The molecule has 0 saturated carbocycles. The Morgan fingerprint density at radius 1 is 1.44 bits per heavy atom. The molecule has 2 nitrogen and oxygen atoms in total. The summed E-state index contributed by atoms with van der Waals surface area (Å²) in [6, 6.07) is 0. The first-order valence-electron chi connectivity index (χ1n) is 6.55. The van der Waals surface area contributed by atoms with E-state index >= 15 is 0 Å². The molecule has 0 bridgehead atoms. The van der Waals surface area contributed by atoms with Gasteiger partial charge in [-0.25, -0.2) is 0 Å². The summed E-state index contributed by atoms with van der Waals surface area (Å²) in [6.45, 7) is 8.45. The van der Waals surface area contributed by atoms with Gasteiger partial charge in [0, 0.05) is 30.6 Å². The molecule has 0 atom stereocenters. The SMILES string of the molecule is CC1=CCCN(CCSC2CCNCC2)C1. The molecule has 0 unspecified atom stereocenters. The van der Waals surface area contributed by atoms with E-state index in [1.54, 1.807) is 5.57 Å². The molecule has 92 valence electrons. The molecule has 16 heavy (non-hydrogen) atoms. The zero-order valence-corrected chi connectivity index (χ0v) is 11.2. The topological polar surface area (TPSA) is 15.3 Å². The van der Waals surface area contributed by atoms with Crippen LogP contribution in [-0.4, -0.2) is 48.6 Å². The summed E-state index contributed by atoms with van der Waals surface area (Å²) in [6.07, 6.45) is 6.37. The summed E-state index contributed by atoms with van der Waals surface area (Å²) in [5.41, 5.74) is 1.55. The minimum Gasteiger partial charge on any atom is -0.317 e. The first kappa shape index (κ1) is 12.5. The van der Waals surface area contributed by atoms with Crippen molar-refractivity contribution in [2.75, 3.05) is 38.5 Å². The van der Waals surface area contributed by atoms with Gasteiger partial charge in [-0.1, -0.05) is 11.6 Å². The van der Waals surface area contributed by atoms with Crippen molar-refractivity contribution in [1.29, 1.82) is 0 Å². The van der Waals surface area contributed by atoms with Gasteiger partial charge in [-0.3, -0.25) is 4.90 Å². The van der Waals surface area contributed by atoms with Crippen molar-refractivity contribution in [1.82, 2.24) is 10.2 Å². The minimum absolute atomic E-state index is 0.919. The van der Waals surface area contributed by atoms with Gasteiger partial charge in [0.25, 0.3) is 0 Å². The number of thioether (sulfide) groups is 1. The van der Waals surface area contributed by atoms with E-state index in [1.807, 2.05) is 0 Å². The van der Waals surface area contributed by atoms with Crippen LogP contribution < -0.4 is 5.32 Å². The highest BCUT2D eigenvalue weighted by atomic mass is 32.2. The van der Waals surface area contributed by atoms with E-state index in [2.05, 4.69) is 35.0 Å².